The van der Waals surface area contributed by atoms with Crippen LogP contribution in [-0.4, -0.2) is 70.7 Å². The fourth-order valence-electron chi connectivity index (χ4n) is 3.65. The number of nitrogens with one attached hydrogen (secondary N) is 1. The van der Waals surface area contributed by atoms with Gasteiger partial charge in [0.15, 0.2) is 0 Å². The molecule has 3 N–H and O–H groups in total. The quantitative estimate of drug-likeness (QED) is 0.844. The summed E-state index contributed by atoms with van der Waals surface area (Å²) in [6.07, 6.45) is 6.30. The van der Waals surface area contributed by atoms with Crippen LogP contribution in [0.3, 0.4) is 0 Å². The number of amides is 2. The molecule has 2 atom stereocenters. The Bertz CT molecular complexity index is 551. The molecule has 0 aromatic carbocycles. The van der Waals surface area contributed by atoms with Gasteiger partial charge in [-0.1, -0.05) is 6.92 Å². The lowest BCUT2D eigenvalue weighted by Crippen LogP contribution is -2.44. The van der Waals surface area contributed by atoms with Crippen molar-refractivity contribution in [2.24, 2.45) is 18.7 Å². The molecule has 3 rings (SSSR count). The summed E-state index contributed by atoms with van der Waals surface area (Å²) in [4.78, 5) is 21.0. The maximum Gasteiger partial charge on any atom is 0.317 e. The predicted molar refractivity (Wildman–Crippen MR) is 93.7 cm³/mol. The summed E-state index contributed by atoms with van der Waals surface area (Å²) >= 11 is 0. The van der Waals surface area contributed by atoms with E-state index in [1.165, 1.54) is 12.8 Å². The second-order valence-electron chi connectivity index (χ2n) is 7.40. The van der Waals surface area contributed by atoms with Gasteiger partial charge in [0, 0.05) is 51.4 Å². The number of carbonyl (C=O) groups is 1. The average Bonchev–Trinajstić information content (AvgIpc) is 3.15. The van der Waals surface area contributed by atoms with Gasteiger partial charge >= 0.3 is 6.03 Å². The van der Waals surface area contributed by atoms with Crippen LogP contribution in [0, 0.1) is 5.92 Å². The first-order valence-electron chi connectivity index (χ1n) is 9.01. The van der Waals surface area contributed by atoms with E-state index >= 15 is 0 Å². The highest BCUT2D eigenvalue weighted by Gasteiger charge is 2.35. The van der Waals surface area contributed by atoms with E-state index in [1.54, 1.807) is 6.33 Å². The van der Waals surface area contributed by atoms with E-state index in [1.807, 2.05) is 22.7 Å². The van der Waals surface area contributed by atoms with Crippen molar-refractivity contribution in [2.75, 3.05) is 39.3 Å². The number of imidazole rings is 1. The van der Waals surface area contributed by atoms with Crippen LogP contribution in [0.4, 0.5) is 4.79 Å². The standard InChI is InChI=1S/C17H30N6O/c1-13-3-6-22(7-4-13)8-5-19-17(24)23-9-14(15(18)10-23)16-11-21(2)12-20-16/h11-15H,3-10,18H2,1-2H3,(H,19,24)/t14-,15-/m1/s1. The molecule has 2 amide bonds. The number of hydrogen-bond donors (Lipinski definition) is 2. The molecule has 2 aliphatic heterocycles. The van der Waals surface area contributed by atoms with Crippen LogP contribution < -0.4 is 11.1 Å². The molecule has 0 bridgehead atoms. The zero-order chi connectivity index (χ0) is 17.1. The van der Waals surface area contributed by atoms with Crippen molar-refractivity contribution in [3.63, 3.8) is 0 Å². The van der Waals surface area contributed by atoms with E-state index in [0.717, 1.165) is 31.2 Å². The van der Waals surface area contributed by atoms with E-state index in [4.69, 9.17) is 5.73 Å². The van der Waals surface area contributed by atoms with Crippen LogP contribution in [-0.2, 0) is 7.05 Å². The molecular formula is C17H30N6O. The van der Waals surface area contributed by atoms with E-state index in [2.05, 4.69) is 22.1 Å². The number of likely N-dealkylation sites (tertiary alicyclic amines) is 2. The number of urea groups is 1. The maximum absolute atomic E-state index is 12.4. The normalized spacial score (nSPS) is 26.0. The highest BCUT2D eigenvalue weighted by atomic mass is 16.2. The van der Waals surface area contributed by atoms with Gasteiger partial charge in [-0.2, -0.15) is 0 Å². The fourth-order valence-corrected chi connectivity index (χ4v) is 3.65. The largest absolute Gasteiger partial charge is 0.340 e. The summed E-state index contributed by atoms with van der Waals surface area (Å²) in [7, 11) is 1.95. The number of aryl methyl sites for hydroxylation is 1. The molecule has 24 heavy (non-hydrogen) atoms. The summed E-state index contributed by atoms with van der Waals surface area (Å²) in [6.45, 7) is 7.48. The van der Waals surface area contributed by atoms with Crippen LogP contribution in [0.25, 0.3) is 0 Å². The van der Waals surface area contributed by atoms with Crippen LogP contribution >= 0.6 is 0 Å². The molecule has 2 saturated heterocycles. The molecule has 0 spiro atoms. The Hall–Kier alpha value is -1.60. The Morgan fingerprint density at radius 2 is 2.12 bits per heavy atom. The Morgan fingerprint density at radius 1 is 1.38 bits per heavy atom. The number of hydrogen-bond acceptors (Lipinski definition) is 4. The van der Waals surface area contributed by atoms with Crippen LogP contribution in [0.5, 0.6) is 0 Å². The SMILES string of the molecule is CC1CCN(CCNC(=O)N2C[C@@H](N)[C@H](c3cn(C)cn3)C2)CC1. The minimum Gasteiger partial charge on any atom is -0.340 e. The molecule has 3 heterocycles. The summed E-state index contributed by atoms with van der Waals surface area (Å²) in [6, 6.07) is -0.0523. The van der Waals surface area contributed by atoms with E-state index < -0.39 is 0 Å². The fraction of sp³-hybridized carbons (Fsp3) is 0.765. The third-order valence-electron chi connectivity index (χ3n) is 5.34. The smallest absolute Gasteiger partial charge is 0.317 e. The molecule has 2 aliphatic rings. The van der Waals surface area contributed by atoms with E-state index in [-0.39, 0.29) is 18.0 Å². The molecule has 1 aromatic rings. The molecule has 0 unspecified atom stereocenters. The molecule has 7 heteroatoms. The zero-order valence-electron chi connectivity index (χ0n) is 14.8. The van der Waals surface area contributed by atoms with Crippen molar-refractivity contribution >= 4 is 6.03 Å². The first kappa shape index (κ1) is 17.2. The number of piperidine rings is 1. The predicted octanol–water partition coefficient (Wildman–Crippen LogP) is 0.588. The molecule has 0 aliphatic carbocycles. The van der Waals surface area contributed by atoms with Gasteiger partial charge in [-0.15, -0.1) is 0 Å². The van der Waals surface area contributed by atoms with Crippen molar-refractivity contribution in [1.29, 1.82) is 0 Å². The second kappa shape index (κ2) is 7.53. The van der Waals surface area contributed by atoms with Crippen molar-refractivity contribution in [2.45, 2.75) is 31.7 Å². The second-order valence-corrected chi connectivity index (χ2v) is 7.40. The monoisotopic (exact) mass is 334 g/mol. The molecule has 134 valence electrons. The number of carbonyl (C=O) groups excluding carboxylic acids is 1. The summed E-state index contributed by atoms with van der Waals surface area (Å²) in [5, 5.41) is 3.05. The third-order valence-corrected chi connectivity index (χ3v) is 5.34. The molecule has 2 fully saturated rings. The molecule has 0 radical (unpaired) electrons. The molecule has 1 aromatic heterocycles. The number of nitrogens with zero attached hydrogens (tertiary/aromatic N) is 4. The van der Waals surface area contributed by atoms with Crippen LogP contribution in [0.1, 0.15) is 31.4 Å². The lowest BCUT2D eigenvalue weighted by molar-refractivity contribution is 0.185. The number of rotatable bonds is 4. The topological polar surface area (TPSA) is 79.4 Å². The van der Waals surface area contributed by atoms with E-state index in [0.29, 0.717) is 19.6 Å². The van der Waals surface area contributed by atoms with Crippen LogP contribution in [0.2, 0.25) is 0 Å². The van der Waals surface area contributed by atoms with E-state index in [9.17, 15) is 4.79 Å². The van der Waals surface area contributed by atoms with Gasteiger partial charge in [0.25, 0.3) is 0 Å². The lowest BCUT2D eigenvalue weighted by atomic mass is 9.99. The zero-order valence-corrected chi connectivity index (χ0v) is 14.8. The van der Waals surface area contributed by atoms with Gasteiger partial charge < -0.3 is 25.4 Å². The van der Waals surface area contributed by atoms with Gasteiger partial charge in [-0.25, -0.2) is 9.78 Å². The van der Waals surface area contributed by atoms with Gasteiger partial charge in [0.1, 0.15) is 0 Å². The van der Waals surface area contributed by atoms with Crippen molar-refractivity contribution < 1.29 is 4.79 Å². The first-order valence-corrected chi connectivity index (χ1v) is 9.01. The Morgan fingerprint density at radius 3 is 2.79 bits per heavy atom. The molecular weight excluding hydrogens is 304 g/mol. The Labute approximate surface area is 144 Å². The highest BCUT2D eigenvalue weighted by Crippen LogP contribution is 2.25. The van der Waals surface area contributed by atoms with Gasteiger partial charge in [-0.05, 0) is 31.8 Å². The summed E-state index contributed by atoms with van der Waals surface area (Å²) in [5.41, 5.74) is 7.20. The third kappa shape index (κ3) is 4.08. The van der Waals surface area contributed by atoms with Gasteiger partial charge in [0.05, 0.1) is 12.0 Å². The van der Waals surface area contributed by atoms with Crippen LogP contribution in [0.15, 0.2) is 12.5 Å². The Balaban J connectivity index is 1.42. The van der Waals surface area contributed by atoms with Crippen molar-refractivity contribution in [1.82, 2.24) is 24.7 Å². The summed E-state index contributed by atoms with van der Waals surface area (Å²) in [5.74, 6) is 0.964. The van der Waals surface area contributed by atoms with Gasteiger partial charge in [0.2, 0.25) is 0 Å². The molecule has 0 saturated carbocycles. The average molecular weight is 334 g/mol. The van der Waals surface area contributed by atoms with Crippen molar-refractivity contribution in [3.8, 4) is 0 Å². The van der Waals surface area contributed by atoms with Gasteiger partial charge in [-0.3, -0.25) is 0 Å². The Kier molecular flexibility index (Phi) is 5.40. The maximum atomic E-state index is 12.4. The summed E-state index contributed by atoms with van der Waals surface area (Å²) < 4.78 is 1.92. The highest BCUT2D eigenvalue weighted by molar-refractivity contribution is 5.74. The lowest BCUT2D eigenvalue weighted by Gasteiger charge is -2.30. The first-order chi connectivity index (χ1) is 11.5. The molecule has 7 nitrogen and oxygen atoms in total. The number of nitrogens with two attached hydrogens (primary N) is 1. The minimum absolute atomic E-state index is 0.00532. The number of aromatic nitrogens is 2. The minimum atomic E-state index is -0.0470. The van der Waals surface area contributed by atoms with Crippen molar-refractivity contribution in [3.05, 3.63) is 18.2 Å².